The third-order valence-electron chi connectivity index (χ3n) is 4.16. The fourth-order valence-corrected chi connectivity index (χ4v) is 2.24. The van der Waals surface area contributed by atoms with Crippen molar-refractivity contribution in [3.8, 4) is 0 Å². The van der Waals surface area contributed by atoms with E-state index >= 15 is 0 Å². The molecule has 4 heteroatoms. The van der Waals surface area contributed by atoms with E-state index in [1.54, 1.807) is 32.1 Å². The average Bonchev–Trinajstić information content (AvgIpc) is 3.14. The van der Waals surface area contributed by atoms with Gasteiger partial charge in [0.25, 0.3) is 0 Å². The smallest absolute Gasteiger partial charge is 0.333 e. The van der Waals surface area contributed by atoms with E-state index < -0.39 is 5.60 Å². The molecule has 0 aromatic rings. The molecule has 0 bridgehead atoms. The third kappa shape index (κ3) is 6.10. The number of allylic oxidation sites excluding steroid dienone is 3. The zero-order valence-corrected chi connectivity index (χ0v) is 15.6. The maximum absolute atomic E-state index is 12.1. The molecule has 0 saturated carbocycles. The Bertz CT molecular complexity index is 564. The standard InChI is InChI=1S/C20H30O4/c1-8-15(4)18(21)23-16(17-19(5,6)24-17)13-14(3)11-10-12-20(7,22)9-2/h8-12,16-17,22H,2,13H2,1,3-7H3/b12-10+,14-11+,15-8-/t16-,17+,20+/m1/s1. The number of carbonyl (C=O) groups is 1. The Hall–Kier alpha value is -1.65. The van der Waals surface area contributed by atoms with Crippen LogP contribution in [0.5, 0.6) is 0 Å². The van der Waals surface area contributed by atoms with Crippen molar-refractivity contribution in [2.45, 2.75) is 71.4 Å². The Balaban J connectivity index is 2.78. The first-order valence-corrected chi connectivity index (χ1v) is 8.25. The van der Waals surface area contributed by atoms with Gasteiger partial charge < -0.3 is 14.6 Å². The van der Waals surface area contributed by atoms with Crippen LogP contribution in [0.15, 0.2) is 48.1 Å². The van der Waals surface area contributed by atoms with Gasteiger partial charge in [-0.3, -0.25) is 0 Å². The quantitative estimate of drug-likeness (QED) is 0.241. The molecule has 1 rings (SSSR count). The summed E-state index contributed by atoms with van der Waals surface area (Å²) in [5, 5.41) is 9.86. The second kappa shape index (κ2) is 7.95. The van der Waals surface area contributed by atoms with Crippen molar-refractivity contribution in [1.82, 2.24) is 0 Å². The summed E-state index contributed by atoms with van der Waals surface area (Å²) in [6.45, 7) is 14.7. The van der Waals surface area contributed by atoms with Crippen molar-refractivity contribution in [2.24, 2.45) is 0 Å². The van der Waals surface area contributed by atoms with Gasteiger partial charge in [0.15, 0.2) is 0 Å². The van der Waals surface area contributed by atoms with Crippen molar-refractivity contribution in [2.75, 3.05) is 0 Å². The van der Waals surface area contributed by atoms with Crippen molar-refractivity contribution < 1.29 is 19.4 Å². The second-order valence-corrected chi connectivity index (χ2v) is 7.06. The lowest BCUT2D eigenvalue weighted by molar-refractivity contribution is -0.145. The molecule has 134 valence electrons. The molecule has 1 aliphatic rings. The number of hydrogen-bond acceptors (Lipinski definition) is 4. The van der Waals surface area contributed by atoms with Crippen molar-refractivity contribution in [3.05, 3.63) is 48.1 Å². The van der Waals surface area contributed by atoms with Crippen LogP contribution in [-0.4, -0.2) is 34.5 Å². The van der Waals surface area contributed by atoms with E-state index in [0.29, 0.717) is 12.0 Å². The normalized spacial score (nSPS) is 24.4. The Morgan fingerprint density at radius 3 is 2.50 bits per heavy atom. The minimum Gasteiger partial charge on any atom is -0.456 e. The van der Waals surface area contributed by atoms with Crippen molar-refractivity contribution in [3.63, 3.8) is 0 Å². The third-order valence-corrected chi connectivity index (χ3v) is 4.16. The van der Waals surface area contributed by atoms with E-state index in [-0.39, 0.29) is 23.8 Å². The molecule has 0 aromatic heterocycles. The van der Waals surface area contributed by atoms with Crippen LogP contribution in [0, 0.1) is 0 Å². The lowest BCUT2D eigenvalue weighted by Crippen LogP contribution is -2.28. The van der Waals surface area contributed by atoms with E-state index in [1.807, 2.05) is 33.8 Å². The van der Waals surface area contributed by atoms with Gasteiger partial charge in [-0.25, -0.2) is 4.79 Å². The molecule has 0 amide bonds. The Morgan fingerprint density at radius 2 is 2.04 bits per heavy atom. The van der Waals surface area contributed by atoms with Gasteiger partial charge in [-0.15, -0.1) is 0 Å². The van der Waals surface area contributed by atoms with Gasteiger partial charge in [0.1, 0.15) is 12.2 Å². The van der Waals surface area contributed by atoms with Crippen LogP contribution in [0.25, 0.3) is 0 Å². The zero-order valence-electron chi connectivity index (χ0n) is 15.6. The second-order valence-electron chi connectivity index (χ2n) is 7.06. The van der Waals surface area contributed by atoms with Crippen LogP contribution in [0.2, 0.25) is 0 Å². The van der Waals surface area contributed by atoms with E-state index in [4.69, 9.17) is 9.47 Å². The summed E-state index contributed by atoms with van der Waals surface area (Å²) >= 11 is 0. The molecule has 0 spiro atoms. The van der Waals surface area contributed by atoms with Gasteiger partial charge in [0.2, 0.25) is 0 Å². The van der Waals surface area contributed by atoms with Crippen molar-refractivity contribution >= 4 is 5.97 Å². The minimum absolute atomic E-state index is 0.102. The van der Waals surface area contributed by atoms with Crippen LogP contribution >= 0.6 is 0 Å². The molecule has 3 atom stereocenters. The van der Waals surface area contributed by atoms with Crippen LogP contribution in [0.3, 0.4) is 0 Å². The van der Waals surface area contributed by atoms with Gasteiger partial charge in [0.05, 0.1) is 11.2 Å². The lowest BCUT2D eigenvalue weighted by Gasteiger charge is -2.17. The Labute approximate surface area is 145 Å². The predicted octanol–water partition coefficient (Wildman–Crippen LogP) is 3.87. The highest BCUT2D eigenvalue weighted by Gasteiger charge is 2.54. The molecule has 24 heavy (non-hydrogen) atoms. The SMILES string of the molecule is C=C[C@](C)(O)/C=C/C=C(\C)C[C@@H](OC(=O)/C(C)=C\C)[C@@H]1OC1(C)C. The first kappa shape index (κ1) is 20.4. The highest BCUT2D eigenvalue weighted by atomic mass is 16.6. The Morgan fingerprint density at radius 1 is 1.46 bits per heavy atom. The fraction of sp³-hybridized carbons (Fsp3) is 0.550. The van der Waals surface area contributed by atoms with E-state index in [2.05, 4.69) is 6.58 Å². The summed E-state index contributed by atoms with van der Waals surface area (Å²) in [5.74, 6) is -0.313. The molecule has 0 unspecified atom stereocenters. The van der Waals surface area contributed by atoms with Gasteiger partial charge in [-0.2, -0.15) is 0 Å². The number of epoxide rings is 1. The predicted molar refractivity (Wildman–Crippen MR) is 96.6 cm³/mol. The van der Waals surface area contributed by atoms with E-state index in [1.165, 1.54) is 6.08 Å². The number of aliphatic hydroxyl groups is 1. The fourth-order valence-electron chi connectivity index (χ4n) is 2.24. The molecular weight excluding hydrogens is 304 g/mol. The summed E-state index contributed by atoms with van der Waals surface area (Å²) in [4.78, 5) is 12.1. The summed E-state index contributed by atoms with van der Waals surface area (Å²) < 4.78 is 11.3. The first-order chi connectivity index (χ1) is 11.0. The number of rotatable bonds is 8. The van der Waals surface area contributed by atoms with E-state index in [0.717, 1.165) is 5.57 Å². The van der Waals surface area contributed by atoms with Gasteiger partial charge in [0, 0.05) is 12.0 Å². The van der Waals surface area contributed by atoms with Crippen molar-refractivity contribution in [1.29, 1.82) is 0 Å². The summed E-state index contributed by atoms with van der Waals surface area (Å²) in [5.41, 5.74) is 0.320. The van der Waals surface area contributed by atoms with Gasteiger partial charge in [-0.1, -0.05) is 36.5 Å². The molecular formula is C20H30O4. The van der Waals surface area contributed by atoms with Crippen LogP contribution < -0.4 is 0 Å². The number of ether oxygens (including phenoxy) is 2. The van der Waals surface area contributed by atoms with Crippen LogP contribution in [-0.2, 0) is 14.3 Å². The molecule has 1 heterocycles. The summed E-state index contributed by atoms with van der Waals surface area (Å²) in [6, 6.07) is 0. The molecule has 1 N–H and O–H groups in total. The molecule has 1 aliphatic heterocycles. The van der Waals surface area contributed by atoms with Crippen LogP contribution in [0.4, 0.5) is 0 Å². The highest BCUT2D eigenvalue weighted by Crippen LogP contribution is 2.40. The van der Waals surface area contributed by atoms with Gasteiger partial charge >= 0.3 is 5.97 Å². The largest absolute Gasteiger partial charge is 0.456 e. The highest BCUT2D eigenvalue weighted by molar-refractivity contribution is 5.87. The molecule has 0 aliphatic carbocycles. The maximum Gasteiger partial charge on any atom is 0.333 e. The average molecular weight is 334 g/mol. The van der Waals surface area contributed by atoms with E-state index in [9.17, 15) is 9.90 Å². The van der Waals surface area contributed by atoms with Crippen LogP contribution in [0.1, 0.15) is 48.0 Å². The molecule has 1 fully saturated rings. The maximum atomic E-state index is 12.1. The zero-order chi connectivity index (χ0) is 18.5. The van der Waals surface area contributed by atoms with Gasteiger partial charge in [-0.05, 0) is 47.6 Å². The summed E-state index contributed by atoms with van der Waals surface area (Å²) in [6.07, 6.45) is 8.70. The molecule has 0 aromatic carbocycles. The number of hydrogen-bond donors (Lipinski definition) is 1. The lowest BCUT2D eigenvalue weighted by atomic mass is 9.99. The number of carbonyl (C=O) groups excluding carboxylic acids is 1. The minimum atomic E-state index is -1.03. The number of esters is 1. The summed E-state index contributed by atoms with van der Waals surface area (Å²) in [7, 11) is 0. The Kier molecular flexibility index (Phi) is 6.76. The molecule has 0 radical (unpaired) electrons. The molecule has 4 nitrogen and oxygen atoms in total. The monoisotopic (exact) mass is 334 g/mol. The topological polar surface area (TPSA) is 59.1 Å². The first-order valence-electron chi connectivity index (χ1n) is 8.25. The molecule has 1 saturated heterocycles.